The number of hydrogen-bond donors (Lipinski definition) is 0. The van der Waals surface area contributed by atoms with Gasteiger partial charge in [-0.25, -0.2) is 4.99 Å². The zero-order chi connectivity index (χ0) is 16.5. The summed E-state index contributed by atoms with van der Waals surface area (Å²) in [5.74, 6) is 1.08. The smallest absolute Gasteiger partial charge is 0.281 e. The van der Waals surface area contributed by atoms with Crippen molar-refractivity contribution in [3.63, 3.8) is 0 Å². The first-order chi connectivity index (χ1) is 11.8. The average molecular weight is 317 g/mol. The minimum absolute atomic E-state index is 0.267. The molecule has 1 atom stereocenters. The minimum atomic E-state index is -0.327. The van der Waals surface area contributed by atoms with Gasteiger partial charge in [0, 0.05) is 11.8 Å². The molecule has 2 heterocycles. The summed E-state index contributed by atoms with van der Waals surface area (Å²) in [6, 6.07) is 17.5. The van der Waals surface area contributed by atoms with Crippen LogP contribution in [0.5, 0.6) is 5.75 Å². The summed E-state index contributed by atoms with van der Waals surface area (Å²) in [5.41, 5.74) is 3.31. The molecule has 4 nitrogen and oxygen atoms in total. The third-order valence-corrected chi connectivity index (χ3v) is 4.16. The van der Waals surface area contributed by atoms with Crippen molar-refractivity contribution >= 4 is 17.7 Å². The van der Waals surface area contributed by atoms with Crippen molar-refractivity contribution in [2.75, 3.05) is 7.11 Å². The van der Waals surface area contributed by atoms with E-state index in [1.165, 1.54) is 6.21 Å². The van der Waals surface area contributed by atoms with E-state index in [4.69, 9.17) is 9.47 Å². The highest BCUT2D eigenvalue weighted by molar-refractivity contribution is 6.13. The van der Waals surface area contributed by atoms with E-state index in [1.54, 1.807) is 13.2 Å². The fraction of sp³-hybridized carbons (Fsp3) is 0.100. The summed E-state index contributed by atoms with van der Waals surface area (Å²) in [7, 11) is 1.63. The van der Waals surface area contributed by atoms with Gasteiger partial charge < -0.3 is 9.47 Å². The first-order valence-corrected chi connectivity index (χ1v) is 7.67. The van der Waals surface area contributed by atoms with Crippen molar-refractivity contribution in [1.82, 2.24) is 0 Å². The van der Waals surface area contributed by atoms with Crippen molar-refractivity contribution in [2.24, 2.45) is 4.99 Å². The van der Waals surface area contributed by atoms with Gasteiger partial charge in [0.15, 0.2) is 6.10 Å². The Hall–Kier alpha value is -3.14. The molecular weight excluding hydrogens is 302 g/mol. The molecule has 2 aromatic rings. The molecule has 0 N–H and O–H groups in total. The van der Waals surface area contributed by atoms with Crippen LogP contribution in [-0.4, -0.2) is 19.2 Å². The van der Waals surface area contributed by atoms with E-state index < -0.39 is 0 Å². The van der Waals surface area contributed by atoms with Gasteiger partial charge in [-0.15, -0.1) is 0 Å². The first-order valence-electron chi connectivity index (χ1n) is 7.67. The summed E-state index contributed by atoms with van der Waals surface area (Å²) in [6.07, 6.45) is 2.90. The zero-order valence-corrected chi connectivity index (χ0v) is 13.1. The lowest BCUT2D eigenvalue weighted by atomic mass is 9.91. The van der Waals surface area contributed by atoms with Crippen LogP contribution in [0.2, 0.25) is 0 Å². The van der Waals surface area contributed by atoms with Gasteiger partial charge in [-0.1, -0.05) is 42.5 Å². The van der Waals surface area contributed by atoms with Crippen molar-refractivity contribution in [3.05, 3.63) is 83.1 Å². The van der Waals surface area contributed by atoms with Crippen LogP contribution in [0.15, 0.2) is 77.0 Å². The van der Waals surface area contributed by atoms with Gasteiger partial charge in [0.05, 0.1) is 12.7 Å². The Bertz CT molecular complexity index is 877. The Balaban J connectivity index is 1.88. The third kappa shape index (κ3) is 2.33. The van der Waals surface area contributed by atoms with Gasteiger partial charge in [-0.2, -0.15) is 0 Å². The van der Waals surface area contributed by atoms with Gasteiger partial charge in [0.25, 0.3) is 5.91 Å². The summed E-state index contributed by atoms with van der Waals surface area (Å²) < 4.78 is 11.3. The molecule has 24 heavy (non-hydrogen) atoms. The Morgan fingerprint density at radius 2 is 1.79 bits per heavy atom. The lowest BCUT2D eigenvalue weighted by molar-refractivity contribution is -0.114. The Morgan fingerprint density at radius 3 is 2.50 bits per heavy atom. The highest BCUT2D eigenvalue weighted by atomic mass is 16.5. The molecule has 1 unspecified atom stereocenters. The summed E-state index contributed by atoms with van der Waals surface area (Å²) >= 11 is 0. The van der Waals surface area contributed by atoms with Crippen molar-refractivity contribution in [3.8, 4) is 5.75 Å². The molecule has 118 valence electrons. The highest BCUT2D eigenvalue weighted by Crippen LogP contribution is 2.46. The van der Waals surface area contributed by atoms with Crippen LogP contribution in [0, 0.1) is 0 Å². The summed E-state index contributed by atoms with van der Waals surface area (Å²) in [4.78, 5) is 16.3. The number of dihydropyridines is 1. The molecule has 0 saturated carbocycles. The maximum absolute atomic E-state index is 12.4. The molecule has 1 amide bonds. The quantitative estimate of drug-likeness (QED) is 0.867. The maximum atomic E-state index is 12.4. The Kier molecular flexibility index (Phi) is 3.50. The third-order valence-electron chi connectivity index (χ3n) is 4.16. The second kappa shape index (κ2) is 5.81. The molecule has 4 rings (SSSR count). The predicted octanol–water partition coefficient (Wildman–Crippen LogP) is 3.72. The van der Waals surface area contributed by atoms with Crippen LogP contribution in [0.25, 0.3) is 5.57 Å². The normalized spacial score (nSPS) is 19.0. The number of ether oxygens (including phenoxy) is 2. The van der Waals surface area contributed by atoms with Crippen LogP contribution in [0.4, 0.5) is 0 Å². The SMILES string of the molecule is COc1ccc(C2=C3C(=O)N=CC=C3OC2c2ccccc2)cc1. The molecule has 0 spiro atoms. The number of methoxy groups -OCH3 is 1. The van der Waals surface area contributed by atoms with Crippen molar-refractivity contribution in [2.45, 2.75) is 6.10 Å². The number of hydrogen-bond acceptors (Lipinski definition) is 3. The average Bonchev–Trinajstić information content (AvgIpc) is 3.03. The van der Waals surface area contributed by atoms with Gasteiger partial charge in [-0.3, -0.25) is 4.79 Å². The van der Waals surface area contributed by atoms with Crippen LogP contribution in [-0.2, 0) is 9.53 Å². The maximum Gasteiger partial charge on any atom is 0.281 e. The second-order valence-electron chi connectivity index (χ2n) is 5.54. The number of rotatable bonds is 3. The molecular formula is C20H15NO3. The van der Waals surface area contributed by atoms with E-state index >= 15 is 0 Å². The highest BCUT2D eigenvalue weighted by Gasteiger charge is 2.37. The standard InChI is InChI=1S/C20H15NO3/c1-23-15-9-7-13(8-10-15)17-18-16(11-12-21-20(18)22)24-19(17)14-5-3-2-4-6-14/h2-12,19H,1H3. The fourth-order valence-corrected chi connectivity index (χ4v) is 3.02. The van der Waals surface area contributed by atoms with E-state index in [-0.39, 0.29) is 12.0 Å². The minimum Gasteiger partial charge on any atom is -0.497 e. The first kappa shape index (κ1) is 14.5. The number of benzene rings is 2. The van der Waals surface area contributed by atoms with Gasteiger partial charge in [0.2, 0.25) is 0 Å². The number of amides is 1. The van der Waals surface area contributed by atoms with Gasteiger partial charge in [0.1, 0.15) is 11.5 Å². The molecule has 0 aliphatic carbocycles. The number of nitrogens with zero attached hydrogens (tertiary/aromatic N) is 1. The Morgan fingerprint density at radius 1 is 1.04 bits per heavy atom. The number of fused-ring (bicyclic) bond motifs is 1. The monoisotopic (exact) mass is 317 g/mol. The molecule has 2 aliphatic rings. The molecule has 4 heteroatoms. The lowest BCUT2D eigenvalue weighted by Crippen LogP contribution is -2.05. The molecule has 2 aromatic carbocycles. The fourth-order valence-electron chi connectivity index (χ4n) is 3.02. The van der Waals surface area contributed by atoms with E-state index in [1.807, 2.05) is 54.6 Å². The number of aliphatic imine (C=N–C) groups is 1. The van der Waals surface area contributed by atoms with E-state index in [0.717, 1.165) is 22.4 Å². The number of carbonyl (C=O) groups excluding carboxylic acids is 1. The molecule has 0 fully saturated rings. The molecule has 0 bridgehead atoms. The lowest BCUT2D eigenvalue weighted by Gasteiger charge is -2.16. The van der Waals surface area contributed by atoms with E-state index in [9.17, 15) is 4.79 Å². The second-order valence-corrected chi connectivity index (χ2v) is 5.54. The summed E-state index contributed by atoms with van der Waals surface area (Å²) in [5, 5.41) is 0. The Labute approximate surface area is 139 Å². The van der Waals surface area contributed by atoms with Gasteiger partial charge in [-0.05, 0) is 29.3 Å². The molecule has 0 radical (unpaired) electrons. The topological polar surface area (TPSA) is 47.9 Å². The molecule has 2 aliphatic heterocycles. The van der Waals surface area contributed by atoms with Crippen molar-refractivity contribution < 1.29 is 14.3 Å². The van der Waals surface area contributed by atoms with E-state index in [2.05, 4.69) is 4.99 Å². The molecule has 0 saturated heterocycles. The molecule has 0 aromatic heterocycles. The van der Waals surface area contributed by atoms with Crippen LogP contribution in [0.3, 0.4) is 0 Å². The van der Waals surface area contributed by atoms with E-state index in [0.29, 0.717) is 11.3 Å². The van der Waals surface area contributed by atoms with Crippen molar-refractivity contribution in [1.29, 1.82) is 0 Å². The summed E-state index contributed by atoms with van der Waals surface area (Å²) in [6.45, 7) is 0. The number of allylic oxidation sites excluding steroid dienone is 1. The van der Waals surface area contributed by atoms with Crippen LogP contribution >= 0.6 is 0 Å². The van der Waals surface area contributed by atoms with Gasteiger partial charge >= 0.3 is 0 Å². The predicted molar refractivity (Wildman–Crippen MR) is 91.8 cm³/mol. The van der Waals surface area contributed by atoms with Crippen LogP contribution in [0.1, 0.15) is 17.2 Å². The largest absolute Gasteiger partial charge is 0.497 e. The van der Waals surface area contributed by atoms with Crippen LogP contribution < -0.4 is 4.74 Å². The number of carbonyl (C=O) groups is 1. The zero-order valence-electron chi connectivity index (χ0n) is 13.1.